The van der Waals surface area contributed by atoms with Crippen LogP contribution in [0.3, 0.4) is 0 Å². The van der Waals surface area contributed by atoms with Gasteiger partial charge in [0, 0.05) is 43.4 Å². The number of benzene rings is 1. The van der Waals surface area contributed by atoms with E-state index in [1.165, 1.54) is 0 Å². The first kappa shape index (κ1) is 21.0. The number of hydrogen-bond donors (Lipinski definition) is 3. The number of H-pyrrole nitrogens is 1. The Kier molecular flexibility index (Phi) is 5.71. The van der Waals surface area contributed by atoms with E-state index in [1.807, 2.05) is 17.0 Å². The van der Waals surface area contributed by atoms with E-state index in [-0.39, 0.29) is 5.91 Å². The van der Waals surface area contributed by atoms with Crippen molar-refractivity contribution in [2.75, 3.05) is 50.1 Å². The third-order valence-corrected chi connectivity index (χ3v) is 5.83. The number of nitrogens with zero attached hydrogens (tertiary/aromatic N) is 4. The number of amides is 1. The molecule has 0 saturated carbocycles. The minimum Gasteiger partial charge on any atom is -0.491 e. The molecule has 0 unspecified atom stereocenters. The van der Waals surface area contributed by atoms with Gasteiger partial charge in [-0.25, -0.2) is 0 Å². The summed E-state index contributed by atoms with van der Waals surface area (Å²) in [4.78, 5) is 27.1. The van der Waals surface area contributed by atoms with Gasteiger partial charge < -0.3 is 30.0 Å². The van der Waals surface area contributed by atoms with Crippen LogP contribution >= 0.6 is 0 Å². The molecule has 0 spiro atoms. The lowest BCUT2D eigenvalue weighted by Gasteiger charge is -2.27. The molecule has 4 heterocycles. The molecule has 3 aromatic rings. The van der Waals surface area contributed by atoms with Crippen LogP contribution in [-0.2, 0) is 11.2 Å². The highest BCUT2D eigenvalue weighted by Gasteiger charge is 2.27. The monoisotopic (exact) mass is 447 g/mol. The normalized spacial score (nSPS) is 15.1. The number of nitrogens with one attached hydrogen (secondary N) is 3. The van der Waals surface area contributed by atoms with Gasteiger partial charge in [0.25, 0.3) is 5.91 Å². The van der Waals surface area contributed by atoms with E-state index < -0.39 is 0 Å². The molecular weight excluding hydrogens is 422 g/mol. The van der Waals surface area contributed by atoms with Crippen molar-refractivity contribution < 1.29 is 14.3 Å². The summed E-state index contributed by atoms with van der Waals surface area (Å²) >= 11 is 0. The number of aromatic amines is 1. The summed E-state index contributed by atoms with van der Waals surface area (Å²) in [6, 6.07) is 5.85. The van der Waals surface area contributed by atoms with E-state index in [0.717, 1.165) is 18.5 Å². The van der Waals surface area contributed by atoms with Crippen molar-refractivity contribution in [3.63, 3.8) is 0 Å². The molecule has 10 nitrogen and oxygen atoms in total. The molecule has 10 heteroatoms. The van der Waals surface area contributed by atoms with E-state index >= 15 is 0 Å². The van der Waals surface area contributed by atoms with Gasteiger partial charge in [0.1, 0.15) is 23.3 Å². The number of rotatable bonds is 6. The maximum Gasteiger partial charge on any atom is 0.254 e. The van der Waals surface area contributed by atoms with Gasteiger partial charge in [-0.15, -0.1) is 0 Å². The Labute approximate surface area is 190 Å². The molecule has 1 saturated heterocycles. The van der Waals surface area contributed by atoms with Crippen LogP contribution in [0.15, 0.2) is 18.3 Å². The summed E-state index contributed by atoms with van der Waals surface area (Å²) in [6.45, 7) is 5.61. The van der Waals surface area contributed by atoms with Crippen LogP contribution in [0.5, 0.6) is 5.75 Å². The smallest absolute Gasteiger partial charge is 0.254 e. The van der Waals surface area contributed by atoms with E-state index in [1.54, 1.807) is 6.20 Å². The van der Waals surface area contributed by atoms with Gasteiger partial charge >= 0.3 is 0 Å². The summed E-state index contributed by atoms with van der Waals surface area (Å²) in [5.41, 5.74) is 3.33. The molecule has 0 radical (unpaired) electrons. The zero-order valence-corrected chi connectivity index (χ0v) is 18.4. The molecule has 0 aliphatic carbocycles. The Morgan fingerprint density at radius 2 is 2.12 bits per heavy atom. The fourth-order valence-corrected chi connectivity index (χ4v) is 4.20. The minimum absolute atomic E-state index is 0.00531. The van der Waals surface area contributed by atoms with E-state index in [0.29, 0.717) is 84.7 Å². The zero-order valence-electron chi connectivity index (χ0n) is 18.4. The molecule has 2 aliphatic heterocycles. The Morgan fingerprint density at radius 1 is 1.27 bits per heavy atom. The van der Waals surface area contributed by atoms with Crippen molar-refractivity contribution in [3.05, 3.63) is 35.0 Å². The summed E-state index contributed by atoms with van der Waals surface area (Å²) < 4.78 is 11.3. The van der Waals surface area contributed by atoms with E-state index in [2.05, 4.69) is 38.6 Å². The number of carbonyl (C=O) groups is 1. The molecule has 0 bridgehead atoms. The molecule has 1 aromatic carbocycles. The molecule has 170 valence electrons. The lowest BCUT2D eigenvalue weighted by molar-refractivity contribution is 0.0302. The Morgan fingerprint density at radius 3 is 2.91 bits per heavy atom. The summed E-state index contributed by atoms with van der Waals surface area (Å²) in [5, 5.41) is 16.6. The van der Waals surface area contributed by atoms with Crippen LogP contribution in [-0.4, -0.2) is 65.2 Å². The minimum atomic E-state index is 0.00531. The summed E-state index contributed by atoms with van der Waals surface area (Å²) in [7, 11) is 0. The molecule has 0 atom stereocenters. The van der Waals surface area contributed by atoms with Crippen LogP contribution in [0.4, 0.5) is 17.5 Å². The SMILES string of the molecule is CCCNc1nc(Nc2ccc(C(=O)N3CCOCC3)c3c2OCC3)nc2[nH]cc(C#N)c12. The third kappa shape index (κ3) is 3.91. The first-order valence-electron chi connectivity index (χ1n) is 11.2. The Balaban J connectivity index is 1.48. The van der Waals surface area contributed by atoms with Crippen LogP contribution in [0, 0.1) is 11.3 Å². The molecular formula is C23H25N7O3. The highest BCUT2D eigenvalue weighted by Crippen LogP contribution is 2.38. The highest BCUT2D eigenvalue weighted by molar-refractivity contribution is 5.98. The highest BCUT2D eigenvalue weighted by atomic mass is 16.5. The Bertz CT molecular complexity index is 1240. The fraction of sp³-hybridized carbons (Fsp3) is 0.391. The van der Waals surface area contributed by atoms with Crippen molar-refractivity contribution in [2.24, 2.45) is 0 Å². The van der Waals surface area contributed by atoms with Gasteiger partial charge in [0.15, 0.2) is 0 Å². The number of nitriles is 1. The molecule has 5 rings (SSSR count). The second-order valence-corrected chi connectivity index (χ2v) is 7.96. The van der Waals surface area contributed by atoms with Crippen molar-refractivity contribution in [1.29, 1.82) is 5.26 Å². The molecule has 33 heavy (non-hydrogen) atoms. The van der Waals surface area contributed by atoms with Crippen LogP contribution in [0.1, 0.15) is 34.8 Å². The van der Waals surface area contributed by atoms with Crippen molar-refractivity contribution in [1.82, 2.24) is 19.9 Å². The number of ether oxygens (including phenoxy) is 2. The first-order chi connectivity index (χ1) is 16.2. The van der Waals surface area contributed by atoms with Gasteiger partial charge in [-0.3, -0.25) is 4.79 Å². The van der Waals surface area contributed by atoms with Gasteiger partial charge in [-0.1, -0.05) is 6.92 Å². The molecule has 2 aromatic heterocycles. The topological polar surface area (TPSA) is 128 Å². The van der Waals surface area contributed by atoms with Crippen LogP contribution in [0.2, 0.25) is 0 Å². The number of anilines is 3. The van der Waals surface area contributed by atoms with Crippen molar-refractivity contribution >= 4 is 34.4 Å². The lowest BCUT2D eigenvalue weighted by atomic mass is 10.0. The number of fused-ring (bicyclic) bond motifs is 2. The quantitative estimate of drug-likeness (QED) is 0.526. The predicted octanol–water partition coefficient (Wildman–Crippen LogP) is 2.80. The predicted molar refractivity (Wildman–Crippen MR) is 123 cm³/mol. The van der Waals surface area contributed by atoms with Crippen molar-refractivity contribution in [2.45, 2.75) is 19.8 Å². The summed E-state index contributed by atoms with van der Waals surface area (Å²) in [6.07, 6.45) is 3.22. The second kappa shape index (κ2) is 8.96. The average molecular weight is 447 g/mol. The standard InChI is InChI=1S/C23H25N7O3/c1-2-6-25-20-18-14(12-24)13-26-21(18)29-23(28-20)27-17-4-3-16(15-5-9-33-19(15)17)22(31)30-7-10-32-11-8-30/h3-4,13H,2,5-11H2,1H3,(H3,25,26,27,28,29). The molecule has 3 N–H and O–H groups in total. The number of carbonyl (C=O) groups excluding carboxylic acids is 1. The lowest BCUT2D eigenvalue weighted by Crippen LogP contribution is -2.41. The summed E-state index contributed by atoms with van der Waals surface area (Å²) in [5.74, 6) is 1.63. The molecule has 1 fully saturated rings. The first-order valence-corrected chi connectivity index (χ1v) is 11.2. The van der Waals surface area contributed by atoms with Crippen LogP contribution < -0.4 is 15.4 Å². The third-order valence-electron chi connectivity index (χ3n) is 5.83. The van der Waals surface area contributed by atoms with Gasteiger partial charge in [0.2, 0.25) is 5.95 Å². The second-order valence-electron chi connectivity index (χ2n) is 7.96. The van der Waals surface area contributed by atoms with Gasteiger partial charge in [-0.2, -0.15) is 15.2 Å². The maximum atomic E-state index is 13.1. The van der Waals surface area contributed by atoms with Gasteiger partial charge in [-0.05, 0) is 18.6 Å². The zero-order chi connectivity index (χ0) is 22.8. The average Bonchev–Trinajstić information content (AvgIpc) is 3.50. The Hall–Kier alpha value is -3.84. The van der Waals surface area contributed by atoms with Crippen molar-refractivity contribution in [3.8, 4) is 11.8 Å². The van der Waals surface area contributed by atoms with Gasteiger partial charge in [0.05, 0.1) is 36.5 Å². The number of morpholine rings is 1. The molecule has 1 amide bonds. The fourth-order valence-electron chi connectivity index (χ4n) is 4.20. The maximum absolute atomic E-state index is 13.1. The van der Waals surface area contributed by atoms with E-state index in [9.17, 15) is 10.1 Å². The van der Waals surface area contributed by atoms with Crippen LogP contribution in [0.25, 0.3) is 11.0 Å². The largest absolute Gasteiger partial charge is 0.491 e. The molecule has 2 aliphatic rings. The van der Waals surface area contributed by atoms with E-state index in [4.69, 9.17) is 9.47 Å². The number of aromatic nitrogens is 3. The number of hydrogen-bond acceptors (Lipinski definition) is 8.